The van der Waals surface area contributed by atoms with Crippen molar-refractivity contribution in [1.29, 1.82) is 0 Å². The highest BCUT2D eigenvalue weighted by Gasteiger charge is 2.32. The first kappa shape index (κ1) is 14.8. The van der Waals surface area contributed by atoms with E-state index in [9.17, 15) is 9.90 Å². The van der Waals surface area contributed by atoms with E-state index in [4.69, 9.17) is 11.6 Å². The van der Waals surface area contributed by atoms with Gasteiger partial charge in [0.05, 0.1) is 16.4 Å². The van der Waals surface area contributed by atoms with Crippen LogP contribution in [0.5, 0.6) is 0 Å². The third-order valence-corrected chi connectivity index (χ3v) is 4.21. The van der Waals surface area contributed by atoms with Gasteiger partial charge in [0.25, 0.3) is 0 Å². The first-order valence-corrected chi connectivity index (χ1v) is 7.29. The average molecular weight is 311 g/mol. The van der Waals surface area contributed by atoms with E-state index in [0.29, 0.717) is 15.8 Å². The highest BCUT2D eigenvalue weighted by molar-refractivity contribution is 7.13. The molecule has 2 rings (SSSR count). The summed E-state index contributed by atoms with van der Waals surface area (Å²) < 4.78 is 0. The lowest BCUT2D eigenvalue weighted by atomic mass is 9.90. The van der Waals surface area contributed by atoms with Crippen molar-refractivity contribution >= 4 is 39.7 Å². The van der Waals surface area contributed by atoms with E-state index in [1.165, 1.54) is 11.3 Å². The first-order chi connectivity index (χ1) is 9.32. The van der Waals surface area contributed by atoms with Crippen molar-refractivity contribution in [3.63, 3.8) is 0 Å². The normalized spacial score (nSPS) is 11.4. The Morgan fingerprint density at radius 3 is 2.75 bits per heavy atom. The van der Waals surface area contributed by atoms with Crippen LogP contribution in [0, 0.1) is 6.92 Å². The summed E-state index contributed by atoms with van der Waals surface area (Å²) >= 11 is 7.51. The van der Waals surface area contributed by atoms with Crippen molar-refractivity contribution in [1.82, 2.24) is 4.98 Å². The van der Waals surface area contributed by atoms with Gasteiger partial charge >= 0.3 is 5.97 Å². The number of hydrogen-bond donors (Lipinski definition) is 2. The van der Waals surface area contributed by atoms with Gasteiger partial charge in [-0.2, -0.15) is 0 Å². The van der Waals surface area contributed by atoms with Gasteiger partial charge in [0.1, 0.15) is 5.41 Å². The fourth-order valence-electron chi connectivity index (χ4n) is 1.62. The number of thiazole rings is 1. The number of nitrogens with zero attached hydrogens (tertiary/aromatic N) is 1. The molecule has 0 fully saturated rings. The van der Waals surface area contributed by atoms with Gasteiger partial charge in [-0.05, 0) is 32.4 Å². The molecule has 0 radical (unpaired) electrons. The van der Waals surface area contributed by atoms with Crippen LogP contribution in [0.25, 0.3) is 0 Å². The van der Waals surface area contributed by atoms with Gasteiger partial charge in [0, 0.05) is 5.38 Å². The smallest absolute Gasteiger partial charge is 0.315 e. The van der Waals surface area contributed by atoms with Gasteiger partial charge in [-0.25, -0.2) is 4.98 Å². The Morgan fingerprint density at radius 1 is 1.45 bits per heavy atom. The van der Waals surface area contributed by atoms with Crippen molar-refractivity contribution in [3.8, 4) is 0 Å². The molecule has 0 aliphatic heterocycles. The summed E-state index contributed by atoms with van der Waals surface area (Å²) in [6.45, 7) is 5.22. The van der Waals surface area contributed by atoms with Crippen LogP contribution in [0.3, 0.4) is 0 Å². The van der Waals surface area contributed by atoms with Gasteiger partial charge in [-0.1, -0.05) is 23.7 Å². The molecule has 106 valence electrons. The van der Waals surface area contributed by atoms with Crippen LogP contribution in [0.1, 0.15) is 25.1 Å². The van der Waals surface area contributed by atoms with E-state index in [0.717, 1.165) is 11.3 Å². The number of nitrogens with one attached hydrogen (secondary N) is 1. The number of hydrogen-bond acceptors (Lipinski definition) is 4. The van der Waals surface area contributed by atoms with Crippen molar-refractivity contribution in [3.05, 3.63) is 39.9 Å². The van der Waals surface area contributed by atoms with Gasteiger partial charge < -0.3 is 10.4 Å². The van der Waals surface area contributed by atoms with E-state index < -0.39 is 11.4 Å². The van der Waals surface area contributed by atoms with Crippen LogP contribution in [0.15, 0.2) is 23.6 Å². The Bertz CT molecular complexity index is 632. The predicted octanol–water partition coefficient (Wildman–Crippen LogP) is 4.21. The minimum Gasteiger partial charge on any atom is -0.481 e. The first-order valence-electron chi connectivity index (χ1n) is 6.04. The van der Waals surface area contributed by atoms with Crippen molar-refractivity contribution < 1.29 is 9.90 Å². The zero-order valence-electron chi connectivity index (χ0n) is 11.4. The molecule has 4 nitrogen and oxygen atoms in total. The lowest BCUT2D eigenvalue weighted by molar-refractivity contribution is -0.142. The maximum atomic E-state index is 11.2. The Kier molecular flexibility index (Phi) is 4.01. The van der Waals surface area contributed by atoms with Crippen LogP contribution in [-0.2, 0) is 10.2 Å². The third kappa shape index (κ3) is 2.78. The van der Waals surface area contributed by atoms with E-state index in [1.54, 1.807) is 25.3 Å². The SMILES string of the molecule is Cc1cccc(Cl)c1Nc1nc(C(C)(C)C(=O)O)cs1. The second-order valence-electron chi connectivity index (χ2n) is 5.02. The summed E-state index contributed by atoms with van der Waals surface area (Å²) in [7, 11) is 0. The van der Waals surface area contributed by atoms with Crippen molar-refractivity contribution in [2.75, 3.05) is 5.32 Å². The van der Waals surface area contributed by atoms with Crippen LogP contribution >= 0.6 is 22.9 Å². The number of carboxylic acids is 1. The second kappa shape index (κ2) is 5.42. The molecule has 0 bridgehead atoms. The van der Waals surface area contributed by atoms with Crippen molar-refractivity contribution in [2.24, 2.45) is 0 Å². The molecular weight excluding hydrogens is 296 g/mol. The molecule has 0 amide bonds. The molecule has 1 aromatic carbocycles. The standard InChI is InChI=1S/C14H15ClN2O2S/c1-8-5-4-6-9(15)11(8)17-13-16-10(7-20-13)14(2,3)12(18)19/h4-7H,1-3H3,(H,16,17)(H,18,19). The Balaban J connectivity index is 2.29. The Labute approximate surface area is 126 Å². The minimum atomic E-state index is -1.01. The maximum absolute atomic E-state index is 11.2. The van der Waals surface area contributed by atoms with Crippen LogP contribution in [0.2, 0.25) is 5.02 Å². The van der Waals surface area contributed by atoms with Crippen LogP contribution < -0.4 is 5.32 Å². The highest BCUT2D eigenvalue weighted by Crippen LogP contribution is 2.32. The molecule has 0 saturated carbocycles. The lowest BCUT2D eigenvalue weighted by Gasteiger charge is -2.15. The number of carbonyl (C=O) groups is 1. The molecule has 2 aromatic rings. The van der Waals surface area contributed by atoms with Crippen molar-refractivity contribution in [2.45, 2.75) is 26.2 Å². The number of benzene rings is 1. The van der Waals surface area contributed by atoms with E-state index in [1.807, 2.05) is 19.1 Å². The Hall–Kier alpha value is -1.59. The number of anilines is 2. The summed E-state index contributed by atoms with van der Waals surface area (Å²) in [4.78, 5) is 15.6. The molecule has 0 saturated heterocycles. The third-order valence-electron chi connectivity index (χ3n) is 3.13. The summed E-state index contributed by atoms with van der Waals surface area (Å²) in [5, 5.41) is 15.4. The number of carboxylic acid groups (broad SMARTS) is 1. The monoisotopic (exact) mass is 310 g/mol. The topological polar surface area (TPSA) is 62.2 Å². The van der Waals surface area contributed by atoms with E-state index in [-0.39, 0.29) is 0 Å². The van der Waals surface area contributed by atoms with E-state index >= 15 is 0 Å². The summed E-state index contributed by atoms with van der Waals surface area (Å²) in [5.41, 5.74) is 1.32. The molecule has 1 heterocycles. The van der Waals surface area contributed by atoms with Gasteiger partial charge in [-0.3, -0.25) is 4.79 Å². The second-order valence-corrected chi connectivity index (χ2v) is 6.29. The molecule has 2 N–H and O–H groups in total. The lowest BCUT2D eigenvalue weighted by Crippen LogP contribution is -2.28. The summed E-state index contributed by atoms with van der Waals surface area (Å²) in [6.07, 6.45) is 0. The zero-order chi connectivity index (χ0) is 14.9. The maximum Gasteiger partial charge on any atom is 0.315 e. The minimum absolute atomic E-state index is 0.530. The molecule has 6 heteroatoms. The number of aromatic nitrogens is 1. The number of halogens is 1. The predicted molar refractivity (Wildman–Crippen MR) is 82.2 cm³/mol. The number of para-hydroxylation sites is 1. The van der Waals surface area contributed by atoms with Crippen LogP contribution in [-0.4, -0.2) is 16.1 Å². The quantitative estimate of drug-likeness (QED) is 0.888. The molecule has 0 unspecified atom stereocenters. The van der Waals surface area contributed by atoms with Gasteiger partial charge in [-0.15, -0.1) is 11.3 Å². The average Bonchev–Trinajstić information content (AvgIpc) is 2.83. The molecule has 1 aromatic heterocycles. The molecule has 0 aliphatic rings. The number of aryl methyl sites for hydroxylation is 1. The summed E-state index contributed by atoms with van der Waals surface area (Å²) in [6, 6.07) is 5.63. The summed E-state index contributed by atoms with van der Waals surface area (Å²) in [5.74, 6) is -0.900. The fraction of sp³-hybridized carbons (Fsp3) is 0.286. The molecule has 0 aliphatic carbocycles. The number of rotatable bonds is 4. The molecular formula is C14H15ClN2O2S. The van der Waals surface area contributed by atoms with Gasteiger partial charge in [0.2, 0.25) is 0 Å². The zero-order valence-corrected chi connectivity index (χ0v) is 13.0. The highest BCUT2D eigenvalue weighted by atomic mass is 35.5. The fourth-order valence-corrected chi connectivity index (χ4v) is 2.78. The number of aliphatic carboxylic acids is 1. The Morgan fingerprint density at radius 2 is 2.15 bits per heavy atom. The van der Waals surface area contributed by atoms with Gasteiger partial charge in [0.15, 0.2) is 5.13 Å². The molecule has 0 atom stereocenters. The largest absolute Gasteiger partial charge is 0.481 e. The van der Waals surface area contributed by atoms with Crippen LogP contribution in [0.4, 0.5) is 10.8 Å². The van der Waals surface area contributed by atoms with E-state index in [2.05, 4.69) is 10.3 Å². The molecule has 20 heavy (non-hydrogen) atoms. The molecule has 0 spiro atoms.